The molecule has 5 nitrogen and oxygen atoms in total. The van der Waals surface area contributed by atoms with Crippen LogP contribution in [0, 0.1) is 0 Å². The van der Waals surface area contributed by atoms with Gasteiger partial charge in [-0.05, 0) is 0 Å². The van der Waals surface area contributed by atoms with Crippen molar-refractivity contribution >= 4 is 11.9 Å². The molecule has 0 aromatic carbocycles. The van der Waals surface area contributed by atoms with Crippen LogP contribution in [0.1, 0.15) is 12.5 Å². The van der Waals surface area contributed by atoms with Gasteiger partial charge >= 0.3 is 5.97 Å². The van der Waals surface area contributed by atoms with Crippen LogP contribution in [0.25, 0.3) is 0 Å². The van der Waals surface area contributed by atoms with Crippen LogP contribution in [0.2, 0.25) is 0 Å². The van der Waals surface area contributed by atoms with Gasteiger partial charge in [0.1, 0.15) is 12.4 Å². The van der Waals surface area contributed by atoms with Crippen LogP contribution in [0.4, 0.5) is 0 Å². The van der Waals surface area contributed by atoms with Gasteiger partial charge in [-0.3, -0.25) is 4.79 Å². The Bertz CT molecular complexity index is 336. The number of pyridine rings is 1. The highest BCUT2D eigenvalue weighted by molar-refractivity contribution is 5.76. The van der Waals surface area contributed by atoms with Gasteiger partial charge in [0.25, 0.3) is 0 Å². The van der Waals surface area contributed by atoms with Gasteiger partial charge in [0.15, 0.2) is 12.4 Å². The molecule has 0 saturated heterocycles. The van der Waals surface area contributed by atoms with E-state index < -0.39 is 24.4 Å². The topological polar surface area (TPSA) is 81.3 Å². The summed E-state index contributed by atoms with van der Waals surface area (Å²) >= 11 is 0. The van der Waals surface area contributed by atoms with Crippen LogP contribution in [0.15, 0.2) is 30.6 Å². The molecule has 1 atom stereocenters. The fourth-order valence-electron chi connectivity index (χ4n) is 1.10. The van der Waals surface area contributed by atoms with Crippen LogP contribution >= 0.6 is 0 Å². The van der Waals surface area contributed by atoms with E-state index in [1.807, 2.05) is 0 Å². The summed E-state index contributed by atoms with van der Waals surface area (Å²) < 4.78 is 1.30. The lowest BCUT2D eigenvalue weighted by atomic mass is 10.2. The SMILES string of the molecule is O=C(O)CC(C(=O)[O-])[n+]1ccccc1. The zero-order valence-electron chi connectivity index (χ0n) is 7.29. The lowest BCUT2D eigenvalue weighted by Gasteiger charge is -2.10. The molecule has 1 aromatic heterocycles. The molecule has 1 N–H and O–H groups in total. The summed E-state index contributed by atoms with van der Waals surface area (Å²) in [7, 11) is 0. The minimum absolute atomic E-state index is 0.489. The van der Waals surface area contributed by atoms with E-state index in [1.54, 1.807) is 18.2 Å². The van der Waals surface area contributed by atoms with E-state index in [1.165, 1.54) is 17.0 Å². The highest BCUT2D eigenvalue weighted by Crippen LogP contribution is 2.00. The Labute approximate surface area is 80.2 Å². The predicted octanol–water partition coefficient (Wildman–Crippen LogP) is -1.26. The number of aliphatic carboxylic acids is 2. The third-order valence-electron chi connectivity index (χ3n) is 1.74. The third kappa shape index (κ3) is 2.55. The number of hydrogen-bond donors (Lipinski definition) is 1. The molecule has 5 heteroatoms. The van der Waals surface area contributed by atoms with Crippen LogP contribution in [-0.4, -0.2) is 17.0 Å². The van der Waals surface area contributed by atoms with Crippen molar-refractivity contribution in [1.82, 2.24) is 0 Å². The number of carbonyl (C=O) groups excluding carboxylic acids is 1. The van der Waals surface area contributed by atoms with Crippen molar-refractivity contribution in [1.29, 1.82) is 0 Å². The smallest absolute Gasteiger partial charge is 0.310 e. The Morgan fingerprint density at radius 1 is 1.29 bits per heavy atom. The Morgan fingerprint density at radius 3 is 2.29 bits per heavy atom. The molecule has 1 aromatic rings. The first-order valence-electron chi connectivity index (χ1n) is 3.99. The van der Waals surface area contributed by atoms with E-state index in [0.717, 1.165) is 0 Å². The van der Waals surface area contributed by atoms with E-state index in [9.17, 15) is 14.7 Å². The van der Waals surface area contributed by atoms with Gasteiger partial charge in [-0.1, -0.05) is 6.07 Å². The monoisotopic (exact) mass is 195 g/mol. The second-order valence-electron chi connectivity index (χ2n) is 2.76. The quantitative estimate of drug-likeness (QED) is 0.608. The summed E-state index contributed by atoms with van der Waals surface area (Å²) in [6.45, 7) is 0. The third-order valence-corrected chi connectivity index (χ3v) is 1.74. The van der Waals surface area contributed by atoms with Crippen LogP contribution in [0.5, 0.6) is 0 Å². The average molecular weight is 195 g/mol. The van der Waals surface area contributed by atoms with Crippen molar-refractivity contribution in [3.8, 4) is 0 Å². The number of hydrogen-bond acceptors (Lipinski definition) is 3. The van der Waals surface area contributed by atoms with Crippen molar-refractivity contribution in [2.24, 2.45) is 0 Å². The number of carboxylic acids is 2. The zero-order valence-corrected chi connectivity index (χ0v) is 7.29. The van der Waals surface area contributed by atoms with Crippen molar-refractivity contribution < 1.29 is 24.4 Å². The van der Waals surface area contributed by atoms with E-state index in [2.05, 4.69) is 0 Å². The molecule has 0 bridgehead atoms. The van der Waals surface area contributed by atoms with Crippen molar-refractivity contribution in [2.75, 3.05) is 0 Å². The summed E-state index contributed by atoms with van der Waals surface area (Å²) in [5, 5.41) is 19.1. The molecule has 0 amide bonds. The standard InChI is InChI=1S/C9H9NO4/c11-8(12)6-7(9(13)14)10-4-2-1-3-5-10/h1-5,7H,6H2,(H-,11,12,13,14). The van der Waals surface area contributed by atoms with E-state index >= 15 is 0 Å². The van der Waals surface area contributed by atoms with Gasteiger partial charge in [-0.15, -0.1) is 0 Å². The summed E-state index contributed by atoms with van der Waals surface area (Å²) in [6.07, 6.45) is 2.49. The number of rotatable bonds is 4. The van der Waals surface area contributed by atoms with E-state index in [0.29, 0.717) is 0 Å². The fraction of sp³-hybridized carbons (Fsp3) is 0.222. The molecule has 0 radical (unpaired) electrons. The minimum Gasteiger partial charge on any atom is -0.543 e. The largest absolute Gasteiger partial charge is 0.543 e. The molecule has 0 spiro atoms. The molecule has 14 heavy (non-hydrogen) atoms. The Morgan fingerprint density at radius 2 is 1.86 bits per heavy atom. The summed E-state index contributed by atoms with van der Waals surface area (Å²) in [4.78, 5) is 21.0. The van der Waals surface area contributed by atoms with Gasteiger partial charge in [-0.25, -0.2) is 0 Å². The molecule has 1 heterocycles. The number of aromatic nitrogens is 1. The maximum Gasteiger partial charge on any atom is 0.310 e. The van der Waals surface area contributed by atoms with Crippen LogP contribution in [0.3, 0.4) is 0 Å². The number of carbonyl (C=O) groups is 2. The number of carboxylic acid groups (broad SMARTS) is 2. The Hall–Kier alpha value is -1.91. The first-order chi connectivity index (χ1) is 6.61. The first-order valence-corrected chi connectivity index (χ1v) is 3.99. The van der Waals surface area contributed by atoms with Gasteiger partial charge in [0.2, 0.25) is 6.04 Å². The Balaban J connectivity index is 2.89. The van der Waals surface area contributed by atoms with Crippen molar-refractivity contribution in [2.45, 2.75) is 12.5 Å². The fourth-order valence-corrected chi connectivity index (χ4v) is 1.10. The van der Waals surface area contributed by atoms with Gasteiger partial charge in [0, 0.05) is 12.1 Å². The summed E-state index contributed by atoms with van der Waals surface area (Å²) in [6, 6.07) is 3.80. The predicted molar refractivity (Wildman–Crippen MR) is 42.9 cm³/mol. The molecule has 1 rings (SSSR count). The molecule has 0 fully saturated rings. The lowest BCUT2D eigenvalue weighted by Crippen LogP contribution is -2.49. The molecular formula is C9H9NO4. The second-order valence-corrected chi connectivity index (χ2v) is 2.76. The van der Waals surface area contributed by atoms with Gasteiger partial charge < -0.3 is 15.0 Å². The molecule has 0 saturated carbocycles. The summed E-state index contributed by atoms with van der Waals surface area (Å²) in [5.74, 6) is -2.57. The van der Waals surface area contributed by atoms with Gasteiger partial charge in [0.05, 0.1) is 0 Å². The highest BCUT2D eigenvalue weighted by atomic mass is 16.4. The normalized spacial score (nSPS) is 12.0. The highest BCUT2D eigenvalue weighted by Gasteiger charge is 2.22. The molecule has 0 aliphatic rings. The van der Waals surface area contributed by atoms with Crippen LogP contribution in [-0.2, 0) is 9.59 Å². The molecule has 74 valence electrons. The molecule has 1 unspecified atom stereocenters. The maximum absolute atomic E-state index is 10.6. The minimum atomic E-state index is -1.40. The second kappa shape index (κ2) is 4.36. The maximum atomic E-state index is 10.6. The average Bonchev–Trinajstić information content (AvgIpc) is 2.15. The lowest BCUT2D eigenvalue weighted by molar-refractivity contribution is -0.715. The molecule has 0 aliphatic heterocycles. The Kier molecular flexibility index (Phi) is 3.17. The van der Waals surface area contributed by atoms with E-state index in [4.69, 9.17) is 5.11 Å². The van der Waals surface area contributed by atoms with Crippen LogP contribution < -0.4 is 9.67 Å². The van der Waals surface area contributed by atoms with E-state index in [-0.39, 0.29) is 0 Å². The van der Waals surface area contributed by atoms with Crippen molar-refractivity contribution in [3.05, 3.63) is 30.6 Å². The number of nitrogens with zero attached hydrogens (tertiary/aromatic N) is 1. The molecule has 0 aliphatic carbocycles. The molecular weight excluding hydrogens is 186 g/mol. The first kappa shape index (κ1) is 10.2. The summed E-state index contributed by atoms with van der Waals surface area (Å²) in [5.41, 5.74) is 0. The zero-order chi connectivity index (χ0) is 10.6. The van der Waals surface area contributed by atoms with Gasteiger partial charge in [-0.2, -0.15) is 4.57 Å². The van der Waals surface area contributed by atoms with Crippen molar-refractivity contribution in [3.63, 3.8) is 0 Å².